The zero-order valence-corrected chi connectivity index (χ0v) is 12.7. The van der Waals surface area contributed by atoms with E-state index in [1.54, 1.807) is 18.5 Å². The number of rotatable bonds is 6. The number of aliphatic hydroxyl groups is 1. The summed E-state index contributed by atoms with van der Waals surface area (Å²) in [7, 11) is 0. The van der Waals surface area contributed by atoms with E-state index >= 15 is 0 Å². The van der Waals surface area contributed by atoms with Crippen molar-refractivity contribution in [1.82, 2.24) is 25.2 Å². The molecule has 2 aromatic heterocycles. The predicted octanol–water partition coefficient (Wildman–Crippen LogP) is 1.48. The lowest BCUT2D eigenvalue weighted by Crippen LogP contribution is -2.25. The van der Waals surface area contributed by atoms with Crippen molar-refractivity contribution < 1.29 is 9.84 Å². The van der Waals surface area contributed by atoms with Crippen LogP contribution in [0.15, 0.2) is 48.8 Å². The fourth-order valence-corrected chi connectivity index (χ4v) is 2.08. The van der Waals surface area contributed by atoms with Crippen LogP contribution in [0.1, 0.15) is 5.56 Å². The highest BCUT2D eigenvalue weighted by molar-refractivity contribution is 5.51. The summed E-state index contributed by atoms with van der Waals surface area (Å²) < 4.78 is 5.61. The molecule has 0 amide bonds. The number of aliphatic hydroxyl groups excluding tert-OH is 1. The number of hydrogen-bond acceptors (Lipinski definition) is 6. The monoisotopic (exact) mass is 311 g/mol. The van der Waals surface area contributed by atoms with E-state index in [1.165, 1.54) is 4.80 Å². The summed E-state index contributed by atoms with van der Waals surface area (Å²) in [6, 6.07) is 11.3. The Balaban J connectivity index is 1.57. The Morgan fingerprint density at radius 3 is 2.87 bits per heavy atom. The Hall–Kier alpha value is -2.80. The van der Waals surface area contributed by atoms with Gasteiger partial charge in [0, 0.05) is 18.0 Å². The van der Waals surface area contributed by atoms with Crippen molar-refractivity contribution in [3.05, 3.63) is 54.4 Å². The molecule has 0 bridgehead atoms. The van der Waals surface area contributed by atoms with Gasteiger partial charge in [0.1, 0.15) is 18.5 Å². The molecule has 118 valence electrons. The SMILES string of the molecule is Cc1ccccc1OCC(O)Cn1nnc(-c2cccnc2)n1. The molecule has 0 aliphatic carbocycles. The van der Waals surface area contributed by atoms with Crippen molar-refractivity contribution in [1.29, 1.82) is 0 Å². The van der Waals surface area contributed by atoms with Crippen LogP contribution < -0.4 is 4.74 Å². The molecule has 0 saturated carbocycles. The van der Waals surface area contributed by atoms with Crippen LogP contribution in [0, 0.1) is 6.92 Å². The van der Waals surface area contributed by atoms with Gasteiger partial charge in [-0.1, -0.05) is 18.2 Å². The van der Waals surface area contributed by atoms with E-state index in [2.05, 4.69) is 20.4 Å². The number of aromatic nitrogens is 5. The van der Waals surface area contributed by atoms with E-state index in [1.807, 2.05) is 37.3 Å². The molecule has 23 heavy (non-hydrogen) atoms. The van der Waals surface area contributed by atoms with Gasteiger partial charge in [0.05, 0.1) is 6.54 Å². The van der Waals surface area contributed by atoms with Gasteiger partial charge in [0.2, 0.25) is 5.82 Å². The number of ether oxygens (including phenoxy) is 1. The van der Waals surface area contributed by atoms with E-state index in [0.717, 1.165) is 16.9 Å². The molecule has 0 spiro atoms. The van der Waals surface area contributed by atoms with E-state index in [4.69, 9.17) is 4.74 Å². The molecule has 3 aromatic rings. The van der Waals surface area contributed by atoms with Crippen molar-refractivity contribution >= 4 is 0 Å². The molecule has 7 nitrogen and oxygen atoms in total. The minimum atomic E-state index is -0.731. The van der Waals surface area contributed by atoms with Gasteiger partial charge in [0.25, 0.3) is 0 Å². The van der Waals surface area contributed by atoms with Crippen molar-refractivity contribution in [2.75, 3.05) is 6.61 Å². The number of para-hydroxylation sites is 1. The van der Waals surface area contributed by atoms with Crippen LogP contribution in [0.4, 0.5) is 0 Å². The smallest absolute Gasteiger partial charge is 0.206 e. The molecule has 1 unspecified atom stereocenters. The Bertz CT molecular complexity index is 760. The Morgan fingerprint density at radius 2 is 2.09 bits per heavy atom. The standard InChI is InChI=1S/C16H17N5O2/c1-12-5-2-3-7-15(12)23-11-14(22)10-21-19-16(18-20-21)13-6-4-8-17-9-13/h2-9,14,22H,10-11H2,1H3. The van der Waals surface area contributed by atoms with Crippen LogP contribution in [0.25, 0.3) is 11.4 Å². The van der Waals surface area contributed by atoms with Crippen molar-refractivity contribution in [2.24, 2.45) is 0 Å². The van der Waals surface area contributed by atoms with Gasteiger partial charge in [0.15, 0.2) is 0 Å². The fraction of sp³-hybridized carbons (Fsp3) is 0.250. The van der Waals surface area contributed by atoms with Crippen LogP contribution in [-0.2, 0) is 6.54 Å². The maximum Gasteiger partial charge on any atom is 0.206 e. The van der Waals surface area contributed by atoms with Crippen LogP contribution in [0.3, 0.4) is 0 Å². The second-order valence-electron chi connectivity index (χ2n) is 5.14. The molecular formula is C16H17N5O2. The van der Waals surface area contributed by atoms with Gasteiger partial charge >= 0.3 is 0 Å². The largest absolute Gasteiger partial charge is 0.491 e. The molecular weight excluding hydrogens is 294 g/mol. The quantitative estimate of drug-likeness (QED) is 0.742. The third-order valence-electron chi connectivity index (χ3n) is 3.27. The van der Waals surface area contributed by atoms with E-state index in [0.29, 0.717) is 5.82 Å². The molecule has 0 radical (unpaired) electrons. The summed E-state index contributed by atoms with van der Waals surface area (Å²) in [6.07, 6.45) is 2.62. The van der Waals surface area contributed by atoms with Crippen LogP contribution in [-0.4, -0.2) is 43.0 Å². The van der Waals surface area contributed by atoms with E-state index < -0.39 is 6.10 Å². The van der Waals surface area contributed by atoms with Crippen LogP contribution in [0.5, 0.6) is 5.75 Å². The lowest BCUT2D eigenvalue weighted by atomic mass is 10.2. The van der Waals surface area contributed by atoms with E-state index in [-0.39, 0.29) is 13.2 Å². The molecule has 0 saturated heterocycles. The number of hydrogen-bond donors (Lipinski definition) is 1. The molecule has 0 aliphatic heterocycles. The molecule has 1 atom stereocenters. The summed E-state index contributed by atoms with van der Waals surface area (Å²) in [4.78, 5) is 5.37. The summed E-state index contributed by atoms with van der Waals surface area (Å²) in [6.45, 7) is 2.33. The zero-order chi connectivity index (χ0) is 16.1. The number of pyridine rings is 1. The second-order valence-corrected chi connectivity index (χ2v) is 5.14. The number of nitrogens with zero attached hydrogens (tertiary/aromatic N) is 5. The van der Waals surface area contributed by atoms with Crippen LogP contribution in [0.2, 0.25) is 0 Å². The summed E-state index contributed by atoms with van der Waals surface area (Å²) in [5.74, 6) is 1.24. The fourth-order valence-electron chi connectivity index (χ4n) is 2.08. The van der Waals surface area contributed by atoms with Gasteiger partial charge in [-0.15, -0.1) is 10.2 Å². The first-order chi connectivity index (χ1) is 11.2. The Labute approximate surface area is 133 Å². The molecule has 2 heterocycles. The predicted molar refractivity (Wildman–Crippen MR) is 83.7 cm³/mol. The minimum Gasteiger partial charge on any atom is -0.491 e. The third-order valence-corrected chi connectivity index (χ3v) is 3.27. The lowest BCUT2D eigenvalue weighted by Gasteiger charge is -2.12. The third kappa shape index (κ3) is 3.89. The summed E-state index contributed by atoms with van der Waals surface area (Å²) in [5, 5.41) is 22.2. The van der Waals surface area contributed by atoms with E-state index in [9.17, 15) is 5.11 Å². The Kier molecular flexibility index (Phi) is 4.58. The van der Waals surface area contributed by atoms with Gasteiger partial charge < -0.3 is 9.84 Å². The van der Waals surface area contributed by atoms with Gasteiger partial charge in [-0.25, -0.2) is 0 Å². The van der Waals surface area contributed by atoms with Crippen molar-refractivity contribution in [3.8, 4) is 17.1 Å². The lowest BCUT2D eigenvalue weighted by molar-refractivity contribution is 0.0847. The van der Waals surface area contributed by atoms with Gasteiger partial charge in [-0.2, -0.15) is 4.80 Å². The highest BCUT2D eigenvalue weighted by Crippen LogP contribution is 2.16. The number of aryl methyl sites for hydroxylation is 1. The van der Waals surface area contributed by atoms with Crippen molar-refractivity contribution in [3.63, 3.8) is 0 Å². The normalized spacial score (nSPS) is 12.1. The Morgan fingerprint density at radius 1 is 1.22 bits per heavy atom. The van der Waals surface area contributed by atoms with Crippen molar-refractivity contribution in [2.45, 2.75) is 19.6 Å². The van der Waals surface area contributed by atoms with Crippen LogP contribution >= 0.6 is 0 Å². The molecule has 0 aliphatic rings. The number of benzene rings is 1. The zero-order valence-electron chi connectivity index (χ0n) is 12.7. The average molecular weight is 311 g/mol. The van der Waals surface area contributed by atoms with Gasteiger partial charge in [-0.05, 0) is 35.9 Å². The van der Waals surface area contributed by atoms with Gasteiger partial charge in [-0.3, -0.25) is 4.98 Å². The molecule has 7 heteroatoms. The average Bonchev–Trinajstić information content (AvgIpc) is 3.03. The second kappa shape index (κ2) is 6.97. The summed E-state index contributed by atoms with van der Waals surface area (Å²) >= 11 is 0. The maximum absolute atomic E-state index is 10.1. The highest BCUT2D eigenvalue weighted by Gasteiger charge is 2.11. The minimum absolute atomic E-state index is 0.161. The topological polar surface area (TPSA) is 86.0 Å². The maximum atomic E-state index is 10.1. The summed E-state index contributed by atoms with van der Waals surface area (Å²) in [5.41, 5.74) is 1.81. The first-order valence-corrected chi connectivity index (χ1v) is 7.27. The first kappa shape index (κ1) is 15.1. The molecule has 1 N–H and O–H groups in total. The first-order valence-electron chi connectivity index (χ1n) is 7.27. The highest BCUT2D eigenvalue weighted by atomic mass is 16.5. The number of tetrazole rings is 1. The molecule has 0 fully saturated rings. The molecule has 1 aromatic carbocycles. The molecule has 3 rings (SSSR count).